The van der Waals surface area contributed by atoms with E-state index in [0.717, 1.165) is 16.5 Å². The summed E-state index contributed by atoms with van der Waals surface area (Å²) in [5, 5.41) is 11.4. The minimum atomic E-state index is -0.341. The van der Waals surface area contributed by atoms with Crippen LogP contribution in [0.25, 0.3) is 10.9 Å². The van der Waals surface area contributed by atoms with Crippen LogP contribution in [0.4, 0.5) is 5.69 Å². The molecule has 1 amide bonds. The average molecular weight is 274 g/mol. The van der Waals surface area contributed by atoms with Gasteiger partial charge in [0.25, 0.3) is 5.91 Å². The van der Waals surface area contributed by atoms with E-state index in [1.807, 2.05) is 26.0 Å². The van der Waals surface area contributed by atoms with Crippen LogP contribution in [0.5, 0.6) is 0 Å². The lowest BCUT2D eigenvalue weighted by atomic mass is 10.0. The molecular formula is C14H18N4O2. The molecule has 1 aromatic heterocycles. The molecule has 106 valence electrons. The quantitative estimate of drug-likeness (QED) is 0.818. The van der Waals surface area contributed by atoms with E-state index in [4.69, 9.17) is 10.5 Å². The van der Waals surface area contributed by atoms with E-state index in [1.165, 1.54) is 0 Å². The van der Waals surface area contributed by atoms with Crippen molar-refractivity contribution in [1.82, 2.24) is 15.5 Å². The van der Waals surface area contributed by atoms with E-state index < -0.39 is 0 Å². The maximum absolute atomic E-state index is 12.0. The van der Waals surface area contributed by atoms with Crippen LogP contribution in [-0.4, -0.2) is 36.4 Å². The highest BCUT2D eigenvalue weighted by Crippen LogP contribution is 2.24. The molecule has 6 nitrogen and oxygen atoms in total. The zero-order valence-electron chi connectivity index (χ0n) is 11.9. The predicted octanol–water partition coefficient (Wildman–Crippen LogP) is 1.21. The summed E-state index contributed by atoms with van der Waals surface area (Å²) in [6, 6.07) is 3.85. The van der Waals surface area contributed by atoms with Crippen LogP contribution in [0.1, 0.15) is 21.6 Å². The van der Waals surface area contributed by atoms with Crippen molar-refractivity contribution < 1.29 is 9.53 Å². The van der Waals surface area contributed by atoms with Crippen molar-refractivity contribution in [2.45, 2.75) is 13.8 Å². The number of carbonyl (C=O) groups excluding carboxylic acids is 1. The highest BCUT2D eigenvalue weighted by Gasteiger charge is 2.15. The summed E-state index contributed by atoms with van der Waals surface area (Å²) in [7, 11) is 1.57. The molecule has 2 rings (SSSR count). The number of carbonyl (C=O) groups is 1. The van der Waals surface area contributed by atoms with Gasteiger partial charge in [0, 0.05) is 19.0 Å². The zero-order valence-corrected chi connectivity index (χ0v) is 11.9. The third kappa shape index (κ3) is 2.70. The van der Waals surface area contributed by atoms with Gasteiger partial charge in [0.05, 0.1) is 17.8 Å². The summed E-state index contributed by atoms with van der Waals surface area (Å²) in [6.45, 7) is 4.83. The molecule has 0 spiro atoms. The monoisotopic (exact) mass is 274 g/mol. The van der Waals surface area contributed by atoms with E-state index in [-0.39, 0.29) is 11.6 Å². The summed E-state index contributed by atoms with van der Waals surface area (Å²) in [5.41, 5.74) is 9.46. The third-order valence-electron chi connectivity index (χ3n) is 3.22. The standard InChI is InChI=1S/C14H18N4O2/c1-8-6-10-11(7-9(8)2)17-18-13(12(10)15)14(19)16-4-5-20-3/h6-7H,4-5H2,1-3H3,(H2,15,17)(H,16,19). The summed E-state index contributed by atoms with van der Waals surface area (Å²) in [4.78, 5) is 12.0. The van der Waals surface area contributed by atoms with Gasteiger partial charge in [-0.2, -0.15) is 0 Å². The number of hydrogen-bond donors (Lipinski definition) is 2. The van der Waals surface area contributed by atoms with Gasteiger partial charge in [0.2, 0.25) is 0 Å². The number of aromatic nitrogens is 2. The number of fused-ring (bicyclic) bond motifs is 1. The number of ether oxygens (including phenoxy) is 1. The number of nitrogen functional groups attached to an aromatic ring is 1. The Bertz CT molecular complexity index is 655. The first-order valence-electron chi connectivity index (χ1n) is 6.35. The normalized spacial score (nSPS) is 10.8. The van der Waals surface area contributed by atoms with Crippen molar-refractivity contribution in [3.63, 3.8) is 0 Å². The Morgan fingerprint density at radius 3 is 2.70 bits per heavy atom. The second kappa shape index (κ2) is 5.83. The molecule has 0 aliphatic rings. The lowest BCUT2D eigenvalue weighted by Crippen LogP contribution is -2.28. The van der Waals surface area contributed by atoms with Gasteiger partial charge in [-0.25, -0.2) is 0 Å². The number of hydrogen-bond acceptors (Lipinski definition) is 5. The highest BCUT2D eigenvalue weighted by atomic mass is 16.5. The maximum Gasteiger partial charge on any atom is 0.274 e. The summed E-state index contributed by atoms with van der Waals surface area (Å²) in [5.74, 6) is -0.341. The predicted molar refractivity (Wildman–Crippen MR) is 77.6 cm³/mol. The molecule has 0 aliphatic heterocycles. The van der Waals surface area contributed by atoms with Gasteiger partial charge < -0.3 is 15.8 Å². The molecule has 0 atom stereocenters. The number of anilines is 1. The number of rotatable bonds is 4. The van der Waals surface area contributed by atoms with Crippen LogP contribution in [0.15, 0.2) is 12.1 Å². The average Bonchev–Trinajstić information content (AvgIpc) is 2.41. The number of nitrogens with zero attached hydrogens (tertiary/aromatic N) is 2. The molecule has 3 N–H and O–H groups in total. The van der Waals surface area contributed by atoms with Crippen LogP contribution < -0.4 is 11.1 Å². The highest BCUT2D eigenvalue weighted by molar-refractivity contribution is 6.04. The molecule has 6 heteroatoms. The van der Waals surface area contributed by atoms with Crippen molar-refractivity contribution in [2.24, 2.45) is 0 Å². The number of benzene rings is 1. The molecule has 2 aromatic rings. The topological polar surface area (TPSA) is 90.1 Å². The summed E-state index contributed by atoms with van der Waals surface area (Å²) < 4.78 is 4.88. The van der Waals surface area contributed by atoms with Crippen molar-refractivity contribution in [2.75, 3.05) is 26.0 Å². The molecule has 0 saturated carbocycles. The molecule has 0 saturated heterocycles. The Morgan fingerprint density at radius 1 is 1.30 bits per heavy atom. The third-order valence-corrected chi connectivity index (χ3v) is 3.22. The van der Waals surface area contributed by atoms with Crippen LogP contribution in [0, 0.1) is 13.8 Å². The number of nitrogens with two attached hydrogens (primary N) is 1. The maximum atomic E-state index is 12.0. The van der Waals surface area contributed by atoms with E-state index in [1.54, 1.807) is 7.11 Å². The minimum absolute atomic E-state index is 0.150. The lowest BCUT2D eigenvalue weighted by molar-refractivity contribution is 0.0932. The second-order valence-corrected chi connectivity index (χ2v) is 4.66. The first-order valence-corrected chi connectivity index (χ1v) is 6.35. The molecular weight excluding hydrogens is 256 g/mol. The Labute approximate surface area is 117 Å². The van der Waals surface area contributed by atoms with Crippen LogP contribution >= 0.6 is 0 Å². The van der Waals surface area contributed by atoms with E-state index in [9.17, 15) is 4.79 Å². The molecule has 0 aliphatic carbocycles. The number of methoxy groups -OCH3 is 1. The smallest absolute Gasteiger partial charge is 0.274 e. The minimum Gasteiger partial charge on any atom is -0.396 e. The van der Waals surface area contributed by atoms with Crippen molar-refractivity contribution in [3.8, 4) is 0 Å². The van der Waals surface area contributed by atoms with Crippen LogP contribution in [-0.2, 0) is 4.74 Å². The van der Waals surface area contributed by atoms with Crippen molar-refractivity contribution in [1.29, 1.82) is 0 Å². The Balaban J connectivity index is 2.38. The molecule has 1 heterocycles. The molecule has 1 aromatic carbocycles. The molecule has 0 unspecified atom stereocenters. The van der Waals surface area contributed by atoms with Crippen molar-refractivity contribution in [3.05, 3.63) is 29.0 Å². The zero-order chi connectivity index (χ0) is 14.7. The summed E-state index contributed by atoms with van der Waals surface area (Å²) >= 11 is 0. The van der Waals surface area contributed by atoms with E-state index in [0.29, 0.717) is 24.4 Å². The van der Waals surface area contributed by atoms with Gasteiger partial charge in [0.1, 0.15) is 0 Å². The van der Waals surface area contributed by atoms with Gasteiger partial charge in [0.15, 0.2) is 5.69 Å². The Kier molecular flexibility index (Phi) is 4.14. The first-order chi connectivity index (χ1) is 9.54. The fraction of sp³-hybridized carbons (Fsp3) is 0.357. The molecule has 0 fully saturated rings. The van der Waals surface area contributed by atoms with Crippen LogP contribution in [0.3, 0.4) is 0 Å². The second-order valence-electron chi connectivity index (χ2n) is 4.66. The first kappa shape index (κ1) is 14.2. The molecule has 0 radical (unpaired) electrons. The van der Waals surface area contributed by atoms with Crippen molar-refractivity contribution >= 4 is 22.5 Å². The number of aryl methyl sites for hydroxylation is 2. The summed E-state index contributed by atoms with van der Waals surface area (Å²) in [6.07, 6.45) is 0. The SMILES string of the molecule is COCCNC(=O)c1nnc2cc(C)c(C)cc2c1N. The van der Waals surface area contributed by atoms with E-state index >= 15 is 0 Å². The molecule has 0 bridgehead atoms. The number of nitrogens with one attached hydrogen (secondary N) is 1. The van der Waals surface area contributed by atoms with Gasteiger partial charge >= 0.3 is 0 Å². The van der Waals surface area contributed by atoms with E-state index in [2.05, 4.69) is 15.5 Å². The Hall–Kier alpha value is -2.21. The van der Waals surface area contributed by atoms with Gasteiger partial charge in [-0.15, -0.1) is 10.2 Å². The van der Waals surface area contributed by atoms with Gasteiger partial charge in [-0.1, -0.05) is 0 Å². The van der Waals surface area contributed by atoms with Crippen LogP contribution in [0.2, 0.25) is 0 Å². The fourth-order valence-corrected chi connectivity index (χ4v) is 1.90. The molecule has 20 heavy (non-hydrogen) atoms. The lowest BCUT2D eigenvalue weighted by Gasteiger charge is -2.09. The fourth-order valence-electron chi connectivity index (χ4n) is 1.90. The van der Waals surface area contributed by atoms with Gasteiger partial charge in [-0.3, -0.25) is 4.79 Å². The number of amides is 1. The largest absolute Gasteiger partial charge is 0.396 e. The Morgan fingerprint density at radius 2 is 2.00 bits per heavy atom. The van der Waals surface area contributed by atoms with Gasteiger partial charge in [-0.05, 0) is 37.1 Å².